The molecule has 7 nitrogen and oxygen atoms in total. The molecule has 1 aliphatic heterocycles. The van der Waals surface area contributed by atoms with Gasteiger partial charge in [-0.25, -0.2) is 4.79 Å². The van der Waals surface area contributed by atoms with Gasteiger partial charge < -0.3 is 15.5 Å². The average Bonchev–Trinajstić information content (AvgIpc) is 2.90. The minimum Gasteiger partial charge on any atom is -0.353 e. The number of benzene rings is 2. The maximum absolute atomic E-state index is 13.0. The average molecular weight is 548 g/mol. The zero-order valence-corrected chi connectivity index (χ0v) is 21.5. The lowest BCUT2D eigenvalue weighted by Gasteiger charge is -2.34. The first-order valence-electron chi connectivity index (χ1n) is 12.3. The van der Waals surface area contributed by atoms with E-state index in [1.54, 1.807) is 35.2 Å². The molecule has 0 aromatic heterocycles. The standard InChI is InChI=1S/C27H29ClF3N5O2/c28-24-10-9-22(18-23(24)27(29,30)31)34-26(38)36-16-14-35(15-17-36)13-3-1-2-12-33-25(37)11-8-20-4-6-21(19-32)7-5-20/h4-11,18H,1-3,12-17H2,(H,33,37)(H,34,38)/b11-8+. The number of nitrogens with zero attached hydrogens (tertiary/aromatic N) is 3. The van der Waals surface area contributed by atoms with E-state index in [0.29, 0.717) is 38.3 Å². The van der Waals surface area contributed by atoms with Gasteiger partial charge in [0, 0.05) is 44.5 Å². The summed E-state index contributed by atoms with van der Waals surface area (Å²) in [6.07, 6.45) is 1.32. The van der Waals surface area contributed by atoms with Crippen LogP contribution in [0.1, 0.15) is 36.0 Å². The molecule has 38 heavy (non-hydrogen) atoms. The number of rotatable bonds is 9. The number of carbonyl (C=O) groups excluding carboxylic acids is 2. The number of piperazine rings is 1. The number of hydrogen-bond acceptors (Lipinski definition) is 4. The minimum absolute atomic E-state index is 0.0472. The molecule has 0 aliphatic carbocycles. The van der Waals surface area contributed by atoms with Crippen LogP contribution in [0.3, 0.4) is 0 Å². The molecule has 1 saturated heterocycles. The molecule has 2 N–H and O–H groups in total. The van der Waals surface area contributed by atoms with Gasteiger partial charge in [-0.05, 0) is 61.4 Å². The number of alkyl halides is 3. The van der Waals surface area contributed by atoms with Crippen LogP contribution in [0.25, 0.3) is 6.08 Å². The van der Waals surface area contributed by atoms with Gasteiger partial charge in [0.25, 0.3) is 0 Å². The number of nitrogens with one attached hydrogen (secondary N) is 2. The van der Waals surface area contributed by atoms with E-state index in [2.05, 4.69) is 15.5 Å². The first kappa shape index (κ1) is 29.0. The highest BCUT2D eigenvalue weighted by atomic mass is 35.5. The third kappa shape index (κ3) is 9.08. The summed E-state index contributed by atoms with van der Waals surface area (Å²) in [7, 11) is 0. The fourth-order valence-electron chi connectivity index (χ4n) is 3.95. The van der Waals surface area contributed by atoms with Crippen LogP contribution in [0.15, 0.2) is 48.5 Å². The molecule has 0 unspecified atom stereocenters. The number of hydrogen-bond donors (Lipinski definition) is 2. The third-order valence-electron chi connectivity index (χ3n) is 6.10. The maximum Gasteiger partial charge on any atom is 0.417 e. The highest BCUT2D eigenvalue weighted by molar-refractivity contribution is 6.31. The van der Waals surface area contributed by atoms with Gasteiger partial charge in [0.2, 0.25) is 5.91 Å². The zero-order valence-electron chi connectivity index (χ0n) is 20.7. The van der Waals surface area contributed by atoms with Gasteiger partial charge in [-0.15, -0.1) is 0 Å². The van der Waals surface area contributed by atoms with Crippen LogP contribution in [0, 0.1) is 11.3 Å². The molecule has 0 bridgehead atoms. The third-order valence-corrected chi connectivity index (χ3v) is 6.43. The van der Waals surface area contributed by atoms with E-state index in [0.717, 1.165) is 43.5 Å². The van der Waals surface area contributed by atoms with Crippen molar-refractivity contribution in [1.29, 1.82) is 5.26 Å². The zero-order chi connectivity index (χ0) is 27.5. The molecule has 3 amide bonds. The highest BCUT2D eigenvalue weighted by Crippen LogP contribution is 2.36. The van der Waals surface area contributed by atoms with Gasteiger partial charge in [-0.3, -0.25) is 9.69 Å². The van der Waals surface area contributed by atoms with Gasteiger partial charge in [-0.2, -0.15) is 18.4 Å². The van der Waals surface area contributed by atoms with E-state index in [-0.39, 0.29) is 11.6 Å². The van der Waals surface area contributed by atoms with Crippen LogP contribution >= 0.6 is 11.6 Å². The highest BCUT2D eigenvalue weighted by Gasteiger charge is 2.33. The van der Waals surface area contributed by atoms with Crippen molar-refractivity contribution in [3.63, 3.8) is 0 Å². The molecule has 1 fully saturated rings. The van der Waals surface area contributed by atoms with Crippen LogP contribution in [0.5, 0.6) is 0 Å². The lowest BCUT2D eigenvalue weighted by molar-refractivity contribution is -0.137. The summed E-state index contributed by atoms with van der Waals surface area (Å²) in [5.74, 6) is -0.169. The Kier molecular flexibility index (Phi) is 10.6. The summed E-state index contributed by atoms with van der Waals surface area (Å²) < 4.78 is 39.1. The van der Waals surface area contributed by atoms with Crippen molar-refractivity contribution in [3.8, 4) is 6.07 Å². The first-order chi connectivity index (χ1) is 18.2. The minimum atomic E-state index is -4.60. The fraction of sp³-hybridized carbons (Fsp3) is 0.370. The number of urea groups is 1. The van der Waals surface area contributed by atoms with E-state index in [9.17, 15) is 22.8 Å². The molecule has 0 radical (unpaired) electrons. The fourth-order valence-corrected chi connectivity index (χ4v) is 4.17. The first-order valence-corrected chi connectivity index (χ1v) is 12.6. The van der Waals surface area contributed by atoms with E-state index in [1.165, 1.54) is 12.1 Å². The second kappa shape index (κ2) is 13.8. The Morgan fingerprint density at radius 3 is 2.39 bits per heavy atom. The second-order valence-corrected chi connectivity index (χ2v) is 9.28. The maximum atomic E-state index is 13.0. The molecule has 2 aromatic carbocycles. The second-order valence-electron chi connectivity index (χ2n) is 8.87. The Balaban J connectivity index is 1.28. The van der Waals surface area contributed by atoms with Gasteiger partial charge >= 0.3 is 12.2 Å². The van der Waals surface area contributed by atoms with Crippen molar-refractivity contribution in [2.75, 3.05) is 44.6 Å². The van der Waals surface area contributed by atoms with Gasteiger partial charge in [0.05, 0.1) is 22.2 Å². The summed E-state index contributed by atoms with van der Waals surface area (Å²) in [4.78, 5) is 28.3. The largest absolute Gasteiger partial charge is 0.417 e. The Bertz CT molecular complexity index is 1170. The molecule has 0 atom stereocenters. The van der Waals surface area contributed by atoms with Crippen LogP contribution in [0.2, 0.25) is 5.02 Å². The predicted octanol–water partition coefficient (Wildman–Crippen LogP) is 5.38. The Hall–Kier alpha value is -3.55. The Morgan fingerprint density at radius 2 is 1.74 bits per heavy atom. The van der Waals surface area contributed by atoms with Crippen molar-refractivity contribution >= 4 is 35.3 Å². The van der Waals surface area contributed by atoms with Crippen LogP contribution in [0.4, 0.5) is 23.7 Å². The lowest BCUT2D eigenvalue weighted by atomic mass is 10.1. The SMILES string of the molecule is N#Cc1ccc(/C=C/C(=O)NCCCCCN2CCN(C(=O)Nc3ccc(Cl)c(C(F)(F)F)c3)CC2)cc1. The van der Waals surface area contributed by atoms with Gasteiger partial charge in [0.1, 0.15) is 0 Å². The summed E-state index contributed by atoms with van der Waals surface area (Å²) in [5, 5.41) is 13.8. The predicted molar refractivity (Wildman–Crippen MR) is 141 cm³/mol. The number of anilines is 1. The number of nitriles is 1. The summed E-state index contributed by atoms with van der Waals surface area (Å²) >= 11 is 5.63. The van der Waals surface area contributed by atoms with Crippen molar-refractivity contribution in [1.82, 2.24) is 15.1 Å². The number of amides is 3. The molecule has 1 heterocycles. The molecule has 0 saturated carbocycles. The number of carbonyl (C=O) groups is 2. The molecular formula is C27H29ClF3N5O2. The van der Waals surface area contributed by atoms with E-state index in [4.69, 9.17) is 16.9 Å². The van der Waals surface area contributed by atoms with Gasteiger partial charge in [0.15, 0.2) is 0 Å². The molecule has 1 aliphatic rings. The molecular weight excluding hydrogens is 519 g/mol. The van der Waals surface area contributed by atoms with E-state index in [1.807, 2.05) is 6.07 Å². The summed E-state index contributed by atoms with van der Waals surface area (Å²) in [6, 6.07) is 11.9. The lowest BCUT2D eigenvalue weighted by Crippen LogP contribution is -2.50. The van der Waals surface area contributed by atoms with Crippen molar-refractivity contribution < 1.29 is 22.8 Å². The topological polar surface area (TPSA) is 88.5 Å². The number of unbranched alkanes of at least 4 members (excludes halogenated alkanes) is 2. The van der Waals surface area contributed by atoms with Crippen LogP contribution < -0.4 is 10.6 Å². The normalized spacial score (nSPS) is 14.3. The smallest absolute Gasteiger partial charge is 0.353 e. The van der Waals surface area contributed by atoms with E-state index >= 15 is 0 Å². The van der Waals surface area contributed by atoms with E-state index < -0.39 is 22.8 Å². The molecule has 202 valence electrons. The number of halogens is 4. The summed E-state index contributed by atoms with van der Waals surface area (Å²) in [5.41, 5.74) is 0.475. The Morgan fingerprint density at radius 1 is 1.03 bits per heavy atom. The van der Waals surface area contributed by atoms with Crippen molar-refractivity contribution in [2.24, 2.45) is 0 Å². The van der Waals surface area contributed by atoms with Crippen molar-refractivity contribution in [2.45, 2.75) is 25.4 Å². The monoisotopic (exact) mass is 547 g/mol. The molecule has 3 rings (SSSR count). The quantitative estimate of drug-likeness (QED) is 0.326. The molecule has 0 spiro atoms. The van der Waals surface area contributed by atoms with Crippen LogP contribution in [-0.2, 0) is 11.0 Å². The van der Waals surface area contributed by atoms with Gasteiger partial charge in [-0.1, -0.05) is 30.2 Å². The summed E-state index contributed by atoms with van der Waals surface area (Å²) in [6.45, 7) is 3.76. The molecule has 2 aromatic rings. The Labute approximate surface area is 224 Å². The van der Waals surface area contributed by atoms with Crippen molar-refractivity contribution in [3.05, 3.63) is 70.3 Å². The van der Waals surface area contributed by atoms with Crippen LogP contribution in [-0.4, -0.2) is 61.0 Å². The molecule has 11 heteroatoms.